The van der Waals surface area contributed by atoms with Gasteiger partial charge in [0.15, 0.2) is 0 Å². The summed E-state index contributed by atoms with van der Waals surface area (Å²) in [5.41, 5.74) is 3.23. The third-order valence-electron chi connectivity index (χ3n) is 4.76. The molecule has 1 aliphatic rings. The average molecular weight is 326 g/mol. The van der Waals surface area contributed by atoms with Gasteiger partial charge in [-0.25, -0.2) is 0 Å². The topological polar surface area (TPSA) is 50.2 Å². The van der Waals surface area contributed by atoms with Gasteiger partial charge in [-0.3, -0.25) is 9.48 Å². The van der Waals surface area contributed by atoms with E-state index in [0.29, 0.717) is 5.92 Å². The maximum Gasteiger partial charge on any atom is 0.244 e. The van der Waals surface area contributed by atoms with Crippen LogP contribution in [0.2, 0.25) is 0 Å². The number of para-hydroxylation sites is 1. The zero-order valence-electron chi connectivity index (χ0n) is 14.7. The summed E-state index contributed by atoms with van der Waals surface area (Å²) >= 11 is 0. The highest BCUT2D eigenvalue weighted by molar-refractivity contribution is 5.79. The molecular weight excluding hydrogens is 300 g/mol. The van der Waals surface area contributed by atoms with E-state index in [1.807, 2.05) is 32.9 Å². The van der Waals surface area contributed by atoms with Crippen LogP contribution >= 0.6 is 0 Å². The number of aryl methyl sites for hydroxylation is 2. The first-order chi connectivity index (χ1) is 11.5. The van der Waals surface area contributed by atoms with Gasteiger partial charge in [0, 0.05) is 31.0 Å². The maximum atomic E-state index is 12.4. The van der Waals surface area contributed by atoms with E-state index in [0.717, 1.165) is 37.4 Å². The Morgan fingerprint density at radius 3 is 2.75 bits per heavy atom. The molecule has 1 aliphatic heterocycles. The minimum Gasteiger partial charge on any atom is -0.371 e. The summed E-state index contributed by atoms with van der Waals surface area (Å²) < 4.78 is 1.80. The fourth-order valence-corrected chi connectivity index (χ4v) is 3.41. The Balaban J connectivity index is 1.51. The number of anilines is 1. The molecule has 0 aliphatic carbocycles. The van der Waals surface area contributed by atoms with Gasteiger partial charge in [0.05, 0.1) is 5.69 Å². The zero-order valence-corrected chi connectivity index (χ0v) is 14.7. The normalized spacial score (nSPS) is 18.6. The zero-order chi connectivity index (χ0) is 17.1. The number of rotatable bonds is 5. The Bertz CT molecular complexity index is 695. The molecule has 1 N–H and O–H groups in total. The van der Waals surface area contributed by atoms with Crippen LogP contribution in [0.15, 0.2) is 36.4 Å². The van der Waals surface area contributed by atoms with Crippen molar-refractivity contribution in [3.63, 3.8) is 0 Å². The second-order valence-corrected chi connectivity index (χ2v) is 6.73. The van der Waals surface area contributed by atoms with Gasteiger partial charge in [0.1, 0.15) is 6.04 Å². The van der Waals surface area contributed by atoms with Crippen LogP contribution in [-0.4, -0.2) is 35.3 Å². The van der Waals surface area contributed by atoms with E-state index in [2.05, 4.69) is 39.6 Å². The molecule has 5 heteroatoms. The summed E-state index contributed by atoms with van der Waals surface area (Å²) in [6, 6.07) is 12.2. The molecule has 5 nitrogen and oxygen atoms in total. The first kappa shape index (κ1) is 16.6. The van der Waals surface area contributed by atoms with Gasteiger partial charge in [0.2, 0.25) is 5.91 Å². The van der Waals surface area contributed by atoms with Crippen molar-refractivity contribution in [2.24, 2.45) is 5.92 Å². The molecular formula is C19H26N4O. The number of carbonyl (C=O) groups is 1. The lowest BCUT2D eigenvalue weighted by atomic mass is 10.1. The van der Waals surface area contributed by atoms with Gasteiger partial charge in [-0.15, -0.1) is 0 Å². The fraction of sp³-hybridized carbons (Fsp3) is 0.474. The van der Waals surface area contributed by atoms with Crippen LogP contribution in [0.1, 0.15) is 30.8 Å². The molecule has 2 atom stereocenters. The van der Waals surface area contributed by atoms with Crippen molar-refractivity contribution in [3.8, 4) is 0 Å². The van der Waals surface area contributed by atoms with Crippen LogP contribution in [-0.2, 0) is 4.79 Å². The van der Waals surface area contributed by atoms with Crippen LogP contribution in [0, 0.1) is 19.8 Å². The first-order valence-electron chi connectivity index (χ1n) is 8.65. The fourth-order valence-electron chi connectivity index (χ4n) is 3.41. The molecule has 1 fully saturated rings. The Labute approximate surface area is 143 Å². The van der Waals surface area contributed by atoms with E-state index in [-0.39, 0.29) is 11.9 Å². The summed E-state index contributed by atoms with van der Waals surface area (Å²) in [5.74, 6) is 0.543. The number of amides is 1. The molecule has 1 saturated heterocycles. The number of hydrogen-bond donors (Lipinski definition) is 1. The minimum absolute atomic E-state index is 0.0411. The monoisotopic (exact) mass is 326 g/mol. The van der Waals surface area contributed by atoms with E-state index < -0.39 is 0 Å². The van der Waals surface area contributed by atoms with Gasteiger partial charge in [0.25, 0.3) is 0 Å². The third kappa shape index (κ3) is 3.61. The number of nitrogens with one attached hydrogen (secondary N) is 1. The molecule has 2 unspecified atom stereocenters. The van der Waals surface area contributed by atoms with Crippen molar-refractivity contribution in [2.45, 2.75) is 33.2 Å². The second-order valence-electron chi connectivity index (χ2n) is 6.73. The van der Waals surface area contributed by atoms with Crippen LogP contribution in [0.4, 0.5) is 5.69 Å². The SMILES string of the molecule is Cc1cc(C)n(C(C)C(=O)NCC2CCN(c3ccccc3)C2)n1. The van der Waals surface area contributed by atoms with Gasteiger partial charge >= 0.3 is 0 Å². The van der Waals surface area contributed by atoms with Gasteiger partial charge in [-0.1, -0.05) is 18.2 Å². The van der Waals surface area contributed by atoms with E-state index in [4.69, 9.17) is 0 Å². The summed E-state index contributed by atoms with van der Waals surface area (Å²) in [7, 11) is 0. The van der Waals surface area contributed by atoms with Crippen LogP contribution in [0.25, 0.3) is 0 Å². The molecule has 24 heavy (non-hydrogen) atoms. The number of carbonyl (C=O) groups excluding carboxylic acids is 1. The van der Waals surface area contributed by atoms with E-state index in [9.17, 15) is 4.79 Å². The minimum atomic E-state index is -0.273. The Kier molecular flexibility index (Phi) is 4.88. The number of benzene rings is 1. The summed E-state index contributed by atoms with van der Waals surface area (Å²) in [6.45, 7) is 8.62. The van der Waals surface area contributed by atoms with Crippen LogP contribution in [0.5, 0.6) is 0 Å². The maximum absolute atomic E-state index is 12.4. The van der Waals surface area contributed by atoms with Gasteiger partial charge in [-0.05, 0) is 51.3 Å². The quantitative estimate of drug-likeness (QED) is 0.919. The molecule has 1 amide bonds. The molecule has 2 aromatic rings. The first-order valence-corrected chi connectivity index (χ1v) is 8.65. The van der Waals surface area contributed by atoms with Crippen molar-refractivity contribution in [2.75, 3.05) is 24.5 Å². The number of nitrogens with zero attached hydrogens (tertiary/aromatic N) is 3. The third-order valence-corrected chi connectivity index (χ3v) is 4.76. The van der Waals surface area contributed by atoms with E-state index in [1.54, 1.807) is 4.68 Å². The predicted octanol–water partition coefficient (Wildman–Crippen LogP) is 2.70. The lowest BCUT2D eigenvalue weighted by molar-refractivity contribution is -0.124. The molecule has 1 aromatic heterocycles. The Morgan fingerprint density at radius 1 is 1.33 bits per heavy atom. The molecule has 3 rings (SSSR count). The molecule has 0 spiro atoms. The highest BCUT2D eigenvalue weighted by Gasteiger charge is 2.24. The van der Waals surface area contributed by atoms with E-state index in [1.165, 1.54) is 5.69 Å². The summed E-state index contributed by atoms with van der Waals surface area (Å²) in [4.78, 5) is 14.8. The molecule has 1 aromatic carbocycles. The lowest BCUT2D eigenvalue weighted by Crippen LogP contribution is -2.36. The van der Waals surface area contributed by atoms with Gasteiger partial charge in [-0.2, -0.15) is 5.10 Å². The molecule has 0 saturated carbocycles. The molecule has 128 valence electrons. The molecule has 0 radical (unpaired) electrons. The number of hydrogen-bond acceptors (Lipinski definition) is 3. The standard InChI is InChI=1S/C19H26N4O/c1-14-11-15(2)23(21-14)16(3)19(24)20-12-17-9-10-22(13-17)18-7-5-4-6-8-18/h4-8,11,16-17H,9-10,12-13H2,1-3H3,(H,20,24). The summed E-state index contributed by atoms with van der Waals surface area (Å²) in [5, 5.41) is 7.52. The van der Waals surface area contributed by atoms with Crippen molar-refractivity contribution in [1.82, 2.24) is 15.1 Å². The molecule has 2 heterocycles. The van der Waals surface area contributed by atoms with Crippen molar-refractivity contribution < 1.29 is 4.79 Å². The highest BCUT2D eigenvalue weighted by Crippen LogP contribution is 2.23. The van der Waals surface area contributed by atoms with Gasteiger partial charge < -0.3 is 10.2 Å². The second kappa shape index (κ2) is 7.07. The highest BCUT2D eigenvalue weighted by atomic mass is 16.2. The Morgan fingerprint density at radius 2 is 2.08 bits per heavy atom. The molecule has 0 bridgehead atoms. The number of aromatic nitrogens is 2. The predicted molar refractivity (Wildman–Crippen MR) is 96.2 cm³/mol. The van der Waals surface area contributed by atoms with Crippen molar-refractivity contribution in [3.05, 3.63) is 47.8 Å². The van der Waals surface area contributed by atoms with E-state index >= 15 is 0 Å². The largest absolute Gasteiger partial charge is 0.371 e. The smallest absolute Gasteiger partial charge is 0.244 e. The lowest BCUT2D eigenvalue weighted by Gasteiger charge is -2.19. The van der Waals surface area contributed by atoms with Crippen LogP contribution in [0.3, 0.4) is 0 Å². The summed E-state index contributed by atoms with van der Waals surface area (Å²) in [6.07, 6.45) is 1.11. The van der Waals surface area contributed by atoms with Crippen LogP contribution < -0.4 is 10.2 Å². The Hall–Kier alpha value is -2.30. The average Bonchev–Trinajstić information content (AvgIpc) is 3.19. The van der Waals surface area contributed by atoms with Crippen molar-refractivity contribution >= 4 is 11.6 Å². The van der Waals surface area contributed by atoms with Crippen molar-refractivity contribution in [1.29, 1.82) is 0 Å².